The molecule has 0 atom stereocenters. The highest BCUT2D eigenvalue weighted by Gasteiger charge is 2.34. The van der Waals surface area contributed by atoms with Gasteiger partial charge in [0.15, 0.2) is 5.78 Å². The molecule has 1 aromatic heterocycles. The van der Waals surface area contributed by atoms with E-state index < -0.39 is 0 Å². The van der Waals surface area contributed by atoms with Gasteiger partial charge in [-0.1, -0.05) is 77.1 Å². The number of ether oxygens (including phenoxy) is 1. The minimum absolute atomic E-state index is 0. The average Bonchev–Trinajstić information content (AvgIpc) is 3.09. The number of imidazole rings is 1. The normalized spacial score (nSPS) is 14.5. The molecule has 0 aliphatic carbocycles. The van der Waals surface area contributed by atoms with E-state index in [9.17, 15) is 4.79 Å². The van der Waals surface area contributed by atoms with Gasteiger partial charge in [0, 0.05) is 16.7 Å². The number of benzene rings is 3. The van der Waals surface area contributed by atoms with Gasteiger partial charge in [-0.3, -0.25) is 10.2 Å². The maximum absolute atomic E-state index is 13.8. The summed E-state index contributed by atoms with van der Waals surface area (Å²) in [4.78, 5) is 13.8. The van der Waals surface area contributed by atoms with Crippen LogP contribution in [0.4, 0.5) is 0 Å². The van der Waals surface area contributed by atoms with Crippen LogP contribution in [0.5, 0.6) is 5.75 Å². The van der Waals surface area contributed by atoms with E-state index in [1.807, 2.05) is 63.7 Å². The number of hydrogen-bond acceptors (Lipinski definition) is 3. The first-order chi connectivity index (χ1) is 17.1. The van der Waals surface area contributed by atoms with Crippen LogP contribution in [-0.2, 0) is 23.9 Å². The van der Waals surface area contributed by atoms with Crippen molar-refractivity contribution in [3.8, 4) is 5.75 Å². The second-order valence-corrected chi connectivity index (χ2v) is 11.5. The van der Waals surface area contributed by atoms with Gasteiger partial charge in [0.1, 0.15) is 5.75 Å². The number of nitrogens with zero attached hydrogens (tertiary/aromatic N) is 2. The number of carbonyl (C=O) groups excluding carboxylic acids is 1. The summed E-state index contributed by atoms with van der Waals surface area (Å²) in [5, 5.41) is 8.99. The molecule has 2 heterocycles. The van der Waals surface area contributed by atoms with E-state index in [0.29, 0.717) is 24.3 Å². The number of ketones is 1. The van der Waals surface area contributed by atoms with Crippen molar-refractivity contribution < 1.29 is 9.53 Å². The van der Waals surface area contributed by atoms with Crippen LogP contribution in [0.3, 0.4) is 0 Å². The first kappa shape index (κ1) is 26.9. The summed E-state index contributed by atoms with van der Waals surface area (Å²) < 4.78 is 9.96. The van der Waals surface area contributed by atoms with E-state index in [4.69, 9.17) is 10.1 Å². The Morgan fingerprint density at radius 3 is 2.24 bits per heavy atom. The fourth-order valence-electron chi connectivity index (χ4n) is 5.16. The Bertz CT molecular complexity index is 1490. The van der Waals surface area contributed by atoms with E-state index in [1.54, 1.807) is 0 Å². The predicted octanol–water partition coefficient (Wildman–Crippen LogP) is 6.79. The quantitative estimate of drug-likeness (QED) is 0.273. The van der Waals surface area contributed by atoms with Crippen molar-refractivity contribution in [2.24, 2.45) is 0 Å². The zero-order valence-corrected chi connectivity index (χ0v) is 24.0. The summed E-state index contributed by atoms with van der Waals surface area (Å²) in [5.41, 5.74) is 5.92. The molecule has 1 aliphatic rings. The highest BCUT2D eigenvalue weighted by atomic mass is 79.9. The number of Topliss-reactive ketones (excluding diaryl/α,β-unsaturated/α-hetero) is 1. The number of rotatable bonds is 5. The molecule has 5 rings (SSSR count). The number of halogens is 1. The lowest BCUT2D eigenvalue weighted by Crippen LogP contribution is -2.30. The third kappa shape index (κ3) is 5.04. The molecule has 0 unspecified atom stereocenters. The smallest absolute Gasteiger partial charge is 0.203 e. The molecule has 5 nitrogen and oxygen atoms in total. The Morgan fingerprint density at radius 1 is 0.973 bits per heavy atom. The predicted molar refractivity (Wildman–Crippen MR) is 154 cm³/mol. The molecular formula is C31H36BrN3O2. The molecule has 0 spiro atoms. The Hall–Kier alpha value is -3.12. The van der Waals surface area contributed by atoms with Crippen LogP contribution in [0.2, 0.25) is 0 Å². The lowest BCUT2D eigenvalue weighted by Gasteiger charge is -2.36. The van der Waals surface area contributed by atoms with Crippen molar-refractivity contribution in [2.45, 2.75) is 65.0 Å². The fraction of sp³-hybridized carbons (Fsp3) is 0.355. The van der Waals surface area contributed by atoms with E-state index >= 15 is 0 Å². The minimum Gasteiger partial charge on any atom is -0.493 e. The van der Waals surface area contributed by atoms with E-state index in [2.05, 4.69) is 46.8 Å². The highest BCUT2D eigenvalue weighted by Crippen LogP contribution is 2.44. The second kappa shape index (κ2) is 9.97. The van der Waals surface area contributed by atoms with Gasteiger partial charge in [-0.2, -0.15) is 0 Å². The lowest BCUT2D eigenvalue weighted by atomic mass is 9.74. The first-order valence-electron chi connectivity index (χ1n) is 12.7. The van der Waals surface area contributed by atoms with Crippen molar-refractivity contribution in [1.82, 2.24) is 9.13 Å². The molecule has 37 heavy (non-hydrogen) atoms. The largest absolute Gasteiger partial charge is 0.493 e. The number of aromatic nitrogens is 2. The van der Waals surface area contributed by atoms with Crippen LogP contribution in [0, 0.1) is 5.41 Å². The summed E-state index contributed by atoms with van der Waals surface area (Å²) in [6, 6.07) is 22.1. The molecule has 0 fully saturated rings. The van der Waals surface area contributed by atoms with Crippen molar-refractivity contribution in [3.05, 3.63) is 94.6 Å². The van der Waals surface area contributed by atoms with Crippen molar-refractivity contribution in [2.75, 3.05) is 6.61 Å². The van der Waals surface area contributed by atoms with Gasteiger partial charge < -0.3 is 13.9 Å². The van der Waals surface area contributed by atoms with Crippen molar-refractivity contribution in [1.29, 1.82) is 5.41 Å². The van der Waals surface area contributed by atoms with Crippen LogP contribution in [0.25, 0.3) is 11.0 Å². The number of carbonyl (C=O) groups is 1. The molecule has 6 heteroatoms. The van der Waals surface area contributed by atoms with Crippen LogP contribution < -0.4 is 10.4 Å². The number of fused-ring (bicyclic) bond motifs is 2. The minimum atomic E-state index is -0.159. The van der Waals surface area contributed by atoms with Crippen LogP contribution >= 0.6 is 17.0 Å². The molecule has 1 aliphatic heterocycles. The van der Waals surface area contributed by atoms with Crippen LogP contribution in [0.15, 0.2) is 66.7 Å². The summed E-state index contributed by atoms with van der Waals surface area (Å²) in [6.45, 7) is 12.3. The van der Waals surface area contributed by atoms with Crippen LogP contribution in [0.1, 0.15) is 68.1 Å². The monoisotopic (exact) mass is 561 g/mol. The summed E-state index contributed by atoms with van der Waals surface area (Å²) in [7, 11) is 0. The standard InChI is InChI=1S/C31H35N3O2.BrH/c1-30(2,3)23-17-22(18-24-28(23)36-16-15-31(24,4)5)27(35)20-34-26-14-10-9-13-25(26)33(29(34)32)19-21-11-7-6-8-12-21;/h6-14,17-18,32H,15-16,19-20H2,1-5H3;1H. The third-order valence-electron chi connectivity index (χ3n) is 7.38. The van der Waals surface area contributed by atoms with E-state index in [1.165, 1.54) is 0 Å². The maximum atomic E-state index is 13.8. The fourth-order valence-corrected chi connectivity index (χ4v) is 5.16. The summed E-state index contributed by atoms with van der Waals surface area (Å²) in [5.74, 6) is 0.939. The molecule has 194 valence electrons. The zero-order chi connectivity index (χ0) is 25.7. The summed E-state index contributed by atoms with van der Waals surface area (Å²) in [6.07, 6.45) is 0.916. The average molecular weight is 563 g/mol. The van der Waals surface area contributed by atoms with Gasteiger partial charge >= 0.3 is 0 Å². The third-order valence-corrected chi connectivity index (χ3v) is 7.38. The molecule has 0 amide bonds. The molecule has 1 N–H and O–H groups in total. The van der Waals surface area contributed by atoms with Gasteiger partial charge in [-0.15, -0.1) is 17.0 Å². The molecule has 0 bridgehead atoms. The molecule has 0 radical (unpaired) electrons. The summed E-state index contributed by atoms with van der Waals surface area (Å²) >= 11 is 0. The second-order valence-electron chi connectivity index (χ2n) is 11.5. The Morgan fingerprint density at radius 2 is 1.59 bits per heavy atom. The van der Waals surface area contributed by atoms with Gasteiger partial charge in [-0.05, 0) is 47.1 Å². The molecule has 0 saturated carbocycles. The highest BCUT2D eigenvalue weighted by molar-refractivity contribution is 8.93. The van der Waals surface area contributed by atoms with Gasteiger partial charge in [-0.25, -0.2) is 0 Å². The number of nitrogens with one attached hydrogen (secondary N) is 1. The maximum Gasteiger partial charge on any atom is 0.203 e. The molecule has 0 saturated heterocycles. The Balaban J connectivity index is 0.00000320. The topological polar surface area (TPSA) is 60.0 Å². The zero-order valence-electron chi connectivity index (χ0n) is 22.3. The van der Waals surface area contributed by atoms with Gasteiger partial charge in [0.05, 0.1) is 30.7 Å². The Kier molecular flexibility index (Phi) is 7.26. The van der Waals surface area contributed by atoms with Crippen molar-refractivity contribution in [3.63, 3.8) is 0 Å². The SMILES string of the molecule is Br.CC(C)(C)c1cc(C(=O)Cn2c(=N)n(Cc3ccccc3)c3ccccc32)cc2c1OCCC2(C)C. The molecular weight excluding hydrogens is 526 g/mol. The lowest BCUT2D eigenvalue weighted by molar-refractivity contribution is 0.0971. The van der Waals surface area contributed by atoms with Gasteiger partial charge in [0.25, 0.3) is 0 Å². The number of hydrogen-bond donors (Lipinski definition) is 1. The number of para-hydroxylation sites is 2. The molecule has 4 aromatic rings. The van der Waals surface area contributed by atoms with Gasteiger partial charge in [0.2, 0.25) is 5.62 Å². The van der Waals surface area contributed by atoms with Crippen LogP contribution in [-0.4, -0.2) is 21.5 Å². The van der Waals surface area contributed by atoms with E-state index in [0.717, 1.165) is 39.9 Å². The first-order valence-corrected chi connectivity index (χ1v) is 12.7. The van der Waals surface area contributed by atoms with E-state index in [-0.39, 0.29) is 40.1 Å². The van der Waals surface area contributed by atoms with Crippen molar-refractivity contribution >= 4 is 33.8 Å². The molecule has 3 aromatic carbocycles. The Labute approximate surface area is 229 Å².